The minimum atomic E-state index is -3.43. The molecule has 0 radical (unpaired) electrons. The first kappa shape index (κ1) is 24.2. The fourth-order valence-electron chi connectivity index (χ4n) is 4.36. The maximum Gasteiger partial charge on any atom is 0.227 e. The molecule has 2 aromatic carbocycles. The number of hydrogen-bond donors (Lipinski definition) is 1. The van der Waals surface area contributed by atoms with Gasteiger partial charge in [0.2, 0.25) is 21.8 Å². The van der Waals surface area contributed by atoms with E-state index < -0.39 is 15.9 Å². The van der Waals surface area contributed by atoms with Crippen molar-refractivity contribution in [3.63, 3.8) is 0 Å². The maximum absolute atomic E-state index is 13.1. The van der Waals surface area contributed by atoms with Gasteiger partial charge in [-0.2, -0.15) is 4.31 Å². The van der Waals surface area contributed by atoms with Crippen LogP contribution in [0.3, 0.4) is 0 Å². The Bertz CT molecular complexity index is 1100. The van der Waals surface area contributed by atoms with Gasteiger partial charge < -0.3 is 15.1 Å². The summed E-state index contributed by atoms with van der Waals surface area (Å²) in [5, 5.41) is 2.79. The summed E-state index contributed by atoms with van der Waals surface area (Å²) in [5.74, 6) is -1.11. The molecule has 2 fully saturated rings. The summed E-state index contributed by atoms with van der Waals surface area (Å²) in [7, 11) is -3.43. The average molecular weight is 489 g/mol. The van der Waals surface area contributed by atoms with Crippen LogP contribution in [0.15, 0.2) is 54.6 Å². The van der Waals surface area contributed by atoms with Crippen molar-refractivity contribution in [1.29, 1.82) is 0 Å². The van der Waals surface area contributed by atoms with Gasteiger partial charge in [-0.3, -0.25) is 9.59 Å². The highest BCUT2D eigenvalue weighted by molar-refractivity contribution is 7.89. The minimum absolute atomic E-state index is 0.0520. The van der Waals surface area contributed by atoms with Crippen LogP contribution < -0.4 is 15.1 Å². The molecule has 2 saturated heterocycles. The molecule has 2 aromatic rings. The lowest BCUT2D eigenvalue weighted by molar-refractivity contribution is -0.126. The van der Waals surface area contributed by atoms with Crippen molar-refractivity contribution in [2.45, 2.75) is 12.8 Å². The lowest BCUT2D eigenvalue weighted by Gasteiger charge is -2.35. The fourth-order valence-corrected chi connectivity index (χ4v) is 5.84. The predicted octanol–water partition coefficient (Wildman–Crippen LogP) is 1.84. The van der Waals surface area contributed by atoms with E-state index in [-0.39, 0.29) is 36.4 Å². The Morgan fingerprint density at radius 2 is 1.65 bits per heavy atom. The zero-order valence-electron chi connectivity index (χ0n) is 18.9. The van der Waals surface area contributed by atoms with E-state index in [1.807, 2.05) is 35.2 Å². The van der Waals surface area contributed by atoms with Gasteiger partial charge in [0.05, 0.1) is 11.7 Å². The third-order valence-corrected chi connectivity index (χ3v) is 8.22. The number of anilines is 2. The van der Waals surface area contributed by atoms with Gasteiger partial charge in [0.25, 0.3) is 0 Å². The molecule has 182 valence electrons. The van der Waals surface area contributed by atoms with E-state index in [4.69, 9.17) is 0 Å². The first-order valence-corrected chi connectivity index (χ1v) is 13.1. The third kappa shape index (κ3) is 5.74. The molecule has 1 atom stereocenters. The zero-order valence-corrected chi connectivity index (χ0v) is 19.7. The van der Waals surface area contributed by atoms with E-state index in [0.717, 1.165) is 11.4 Å². The molecule has 34 heavy (non-hydrogen) atoms. The number of carbonyl (C=O) groups excluding carboxylic acids is 2. The van der Waals surface area contributed by atoms with Gasteiger partial charge in [0, 0.05) is 57.1 Å². The molecule has 8 nitrogen and oxygen atoms in total. The average Bonchev–Trinajstić information content (AvgIpc) is 3.24. The molecule has 2 heterocycles. The molecule has 1 N–H and O–H groups in total. The summed E-state index contributed by atoms with van der Waals surface area (Å²) >= 11 is 0. The number of sulfonamides is 1. The maximum atomic E-state index is 13.1. The van der Waals surface area contributed by atoms with Crippen molar-refractivity contribution in [3.05, 3.63) is 60.4 Å². The van der Waals surface area contributed by atoms with E-state index >= 15 is 0 Å². The smallest absolute Gasteiger partial charge is 0.227 e. The number of halogens is 1. The number of hydrogen-bond acceptors (Lipinski definition) is 5. The highest BCUT2D eigenvalue weighted by Crippen LogP contribution is 2.25. The summed E-state index contributed by atoms with van der Waals surface area (Å²) in [6.07, 6.45) is 0.451. The van der Waals surface area contributed by atoms with Gasteiger partial charge in [0.1, 0.15) is 5.82 Å². The molecule has 0 saturated carbocycles. The molecule has 0 bridgehead atoms. The first-order valence-electron chi connectivity index (χ1n) is 11.4. The minimum Gasteiger partial charge on any atom is -0.369 e. The Morgan fingerprint density at radius 3 is 2.32 bits per heavy atom. The van der Waals surface area contributed by atoms with Crippen LogP contribution in [0.4, 0.5) is 15.8 Å². The normalized spacial score (nSPS) is 19.4. The number of nitrogens with one attached hydrogen (secondary N) is 1. The SMILES string of the molecule is O=C(NCCCS(=O)(=O)N1CCN(c2ccc(F)cc2)CC1)C1CC(=O)N(c2ccccc2)C1. The van der Waals surface area contributed by atoms with Crippen LogP contribution in [-0.4, -0.2) is 69.6 Å². The van der Waals surface area contributed by atoms with E-state index in [2.05, 4.69) is 5.32 Å². The van der Waals surface area contributed by atoms with Crippen molar-refractivity contribution in [3.8, 4) is 0 Å². The van der Waals surface area contributed by atoms with Gasteiger partial charge in [-0.25, -0.2) is 12.8 Å². The molecule has 2 aliphatic heterocycles. The highest BCUT2D eigenvalue weighted by atomic mass is 32.2. The molecule has 1 unspecified atom stereocenters. The van der Waals surface area contributed by atoms with Gasteiger partial charge in [-0.15, -0.1) is 0 Å². The van der Waals surface area contributed by atoms with Gasteiger partial charge in [0.15, 0.2) is 0 Å². The van der Waals surface area contributed by atoms with Crippen LogP contribution in [0.5, 0.6) is 0 Å². The molecular weight excluding hydrogens is 459 g/mol. The number of benzene rings is 2. The predicted molar refractivity (Wildman–Crippen MR) is 129 cm³/mol. The second-order valence-electron chi connectivity index (χ2n) is 8.56. The van der Waals surface area contributed by atoms with Gasteiger partial charge >= 0.3 is 0 Å². The Morgan fingerprint density at radius 1 is 0.971 bits per heavy atom. The summed E-state index contributed by atoms with van der Waals surface area (Å²) in [5.41, 5.74) is 1.64. The Kier molecular flexibility index (Phi) is 7.47. The van der Waals surface area contributed by atoms with Crippen molar-refractivity contribution < 1.29 is 22.4 Å². The molecular formula is C24H29FN4O4S. The van der Waals surface area contributed by atoms with Gasteiger partial charge in [-0.05, 0) is 42.8 Å². The van der Waals surface area contributed by atoms with E-state index in [1.54, 1.807) is 17.0 Å². The quantitative estimate of drug-likeness (QED) is 0.573. The Labute approximate surface area is 199 Å². The van der Waals surface area contributed by atoms with Crippen LogP contribution in [-0.2, 0) is 19.6 Å². The standard InChI is InChI=1S/C24H29FN4O4S/c25-20-7-9-21(10-8-20)27-12-14-28(15-13-27)34(32,33)16-4-11-26-24(31)19-17-23(30)29(18-19)22-5-2-1-3-6-22/h1-3,5-10,19H,4,11-18H2,(H,26,31). The third-order valence-electron chi connectivity index (χ3n) is 6.27. The molecule has 0 aliphatic carbocycles. The van der Waals surface area contributed by atoms with Crippen LogP contribution in [0.1, 0.15) is 12.8 Å². The van der Waals surface area contributed by atoms with Crippen LogP contribution >= 0.6 is 0 Å². The summed E-state index contributed by atoms with van der Waals surface area (Å²) in [6.45, 7) is 2.37. The summed E-state index contributed by atoms with van der Waals surface area (Å²) < 4.78 is 40.0. The lowest BCUT2D eigenvalue weighted by Crippen LogP contribution is -2.49. The van der Waals surface area contributed by atoms with Crippen LogP contribution in [0.25, 0.3) is 0 Å². The van der Waals surface area contributed by atoms with E-state index in [9.17, 15) is 22.4 Å². The first-order chi connectivity index (χ1) is 16.3. The van der Waals surface area contributed by atoms with Crippen molar-refractivity contribution in [2.24, 2.45) is 5.92 Å². The number of para-hydroxylation sites is 1. The number of piperazine rings is 1. The number of rotatable bonds is 8. The molecule has 10 heteroatoms. The lowest BCUT2D eigenvalue weighted by atomic mass is 10.1. The second-order valence-corrected chi connectivity index (χ2v) is 10.7. The topological polar surface area (TPSA) is 90.0 Å². The molecule has 4 rings (SSSR count). The van der Waals surface area contributed by atoms with Crippen LogP contribution in [0.2, 0.25) is 0 Å². The largest absolute Gasteiger partial charge is 0.369 e. The summed E-state index contributed by atoms with van der Waals surface area (Å²) in [4.78, 5) is 28.4. The van der Waals surface area contributed by atoms with Crippen molar-refractivity contribution >= 4 is 33.2 Å². The number of carbonyl (C=O) groups is 2. The van der Waals surface area contributed by atoms with Crippen LogP contribution in [0, 0.1) is 11.7 Å². The summed E-state index contributed by atoms with van der Waals surface area (Å²) in [6, 6.07) is 15.4. The van der Waals surface area contributed by atoms with E-state index in [0.29, 0.717) is 39.1 Å². The molecule has 2 aliphatic rings. The monoisotopic (exact) mass is 488 g/mol. The molecule has 0 aromatic heterocycles. The molecule has 2 amide bonds. The Hall–Kier alpha value is -2.98. The number of nitrogens with zero attached hydrogens (tertiary/aromatic N) is 3. The van der Waals surface area contributed by atoms with E-state index in [1.165, 1.54) is 16.4 Å². The van der Waals surface area contributed by atoms with Crippen molar-refractivity contribution in [1.82, 2.24) is 9.62 Å². The second kappa shape index (κ2) is 10.5. The Balaban J connectivity index is 1.19. The van der Waals surface area contributed by atoms with Crippen molar-refractivity contribution in [2.75, 3.05) is 54.8 Å². The highest BCUT2D eigenvalue weighted by Gasteiger charge is 2.35. The van der Waals surface area contributed by atoms with Gasteiger partial charge in [-0.1, -0.05) is 18.2 Å². The fraction of sp³-hybridized carbons (Fsp3) is 0.417. The number of amides is 2. The zero-order chi connectivity index (χ0) is 24.1. The molecule has 0 spiro atoms.